The molecule has 2 N–H and O–H groups in total. The zero-order chi connectivity index (χ0) is 12.3. The van der Waals surface area contributed by atoms with E-state index in [1.165, 1.54) is 0 Å². The Morgan fingerprint density at radius 2 is 2.47 bits per heavy atom. The van der Waals surface area contributed by atoms with Gasteiger partial charge in [-0.1, -0.05) is 0 Å². The molecular weight excluding hydrogens is 220 g/mol. The lowest BCUT2D eigenvalue weighted by atomic mass is 10.1. The molecule has 0 radical (unpaired) electrons. The summed E-state index contributed by atoms with van der Waals surface area (Å²) in [7, 11) is 0. The molecule has 1 fully saturated rings. The van der Waals surface area contributed by atoms with Gasteiger partial charge in [-0.3, -0.25) is 19.7 Å². The Morgan fingerprint density at radius 1 is 1.65 bits per heavy atom. The van der Waals surface area contributed by atoms with Crippen LogP contribution in [0.4, 0.5) is 0 Å². The molecular formula is C11H16N4O2. The van der Waals surface area contributed by atoms with Crippen molar-refractivity contribution in [3.05, 3.63) is 24.3 Å². The monoisotopic (exact) mass is 236 g/mol. The highest BCUT2D eigenvalue weighted by Gasteiger charge is 2.28. The van der Waals surface area contributed by atoms with Crippen molar-refractivity contribution in [2.75, 3.05) is 19.6 Å². The van der Waals surface area contributed by atoms with Crippen molar-refractivity contribution in [1.82, 2.24) is 20.2 Å². The van der Waals surface area contributed by atoms with Crippen LogP contribution in [0.2, 0.25) is 0 Å². The quantitative estimate of drug-likeness (QED) is 0.763. The summed E-state index contributed by atoms with van der Waals surface area (Å²) < 4.78 is 0. The Bertz CT molecular complexity index is 384. The number of rotatable bonds is 3. The second-order valence-electron chi connectivity index (χ2n) is 4.15. The Labute approximate surface area is 99.7 Å². The predicted octanol–water partition coefficient (Wildman–Crippen LogP) is -0.104. The van der Waals surface area contributed by atoms with Crippen LogP contribution in [0.5, 0.6) is 0 Å². The third kappa shape index (κ3) is 2.78. The highest BCUT2D eigenvalue weighted by Crippen LogP contribution is 2.18. The van der Waals surface area contributed by atoms with E-state index in [1.807, 2.05) is 6.92 Å². The first-order valence-corrected chi connectivity index (χ1v) is 5.64. The molecule has 17 heavy (non-hydrogen) atoms. The van der Waals surface area contributed by atoms with E-state index in [9.17, 15) is 4.79 Å². The van der Waals surface area contributed by atoms with Crippen molar-refractivity contribution in [1.29, 1.82) is 0 Å². The minimum atomic E-state index is -0.805. The van der Waals surface area contributed by atoms with Crippen LogP contribution in [-0.4, -0.2) is 51.6 Å². The summed E-state index contributed by atoms with van der Waals surface area (Å²) in [6.07, 6.45) is 5.01. The third-order valence-electron chi connectivity index (χ3n) is 3.06. The molecule has 0 spiro atoms. The minimum absolute atomic E-state index is 0.0904. The number of hydrogen-bond donors (Lipinski definition) is 2. The van der Waals surface area contributed by atoms with Crippen molar-refractivity contribution in [3.8, 4) is 0 Å². The summed E-state index contributed by atoms with van der Waals surface area (Å²) in [5, 5.41) is 12.0. The van der Waals surface area contributed by atoms with Gasteiger partial charge in [-0.2, -0.15) is 0 Å². The molecule has 1 aromatic rings. The smallest absolute Gasteiger partial charge is 0.322 e. The van der Waals surface area contributed by atoms with Crippen LogP contribution in [0.25, 0.3) is 0 Å². The van der Waals surface area contributed by atoms with E-state index < -0.39 is 12.0 Å². The van der Waals surface area contributed by atoms with E-state index in [2.05, 4.69) is 20.2 Å². The minimum Gasteiger partial charge on any atom is -0.480 e. The Hall–Kier alpha value is -1.53. The molecule has 0 aliphatic carbocycles. The zero-order valence-electron chi connectivity index (χ0n) is 9.71. The fourth-order valence-electron chi connectivity index (χ4n) is 2.00. The Balaban J connectivity index is 2.05. The van der Waals surface area contributed by atoms with E-state index in [0.717, 1.165) is 12.2 Å². The van der Waals surface area contributed by atoms with E-state index in [4.69, 9.17) is 5.11 Å². The molecule has 2 atom stereocenters. The van der Waals surface area contributed by atoms with Crippen molar-refractivity contribution < 1.29 is 9.90 Å². The maximum Gasteiger partial charge on any atom is 0.322 e. The number of carboxylic acids is 1. The van der Waals surface area contributed by atoms with Crippen molar-refractivity contribution in [2.45, 2.75) is 19.0 Å². The normalized spacial score (nSPS) is 23.2. The van der Waals surface area contributed by atoms with E-state index in [1.54, 1.807) is 18.6 Å². The van der Waals surface area contributed by atoms with E-state index in [-0.39, 0.29) is 6.04 Å². The topological polar surface area (TPSA) is 78.4 Å². The molecule has 0 bridgehead atoms. The lowest BCUT2D eigenvalue weighted by molar-refractivity contribution is -0.140. The fourth-order valence-corrected chi connectivity index (χ4v) is 2.00. The molecule has 0 saturated carbocycles. The first-order chi connectivity index (χ1) is 8.18. The number of hydrogen-bond acceptors (Lipinski definition) is 5. The maximum absolute atomic E-state index is 10.9. The molecule has 0 aromatic carbocycles. The van der Waals surface area contributed by atoms with E-state index in [0.29, 0.717) is 13.1 Å². The average Bonchev–Trinajstić information content (AvgIpc) is 2.39. The second kappa shape index (κ2) is 5.20. The van der Waals surface area contributed by atoms with Gasteiger partial charge >= 0.3 is 5.97 Å². The average molecular weight is 236 g/mol. The molecule has 0 amide bonds. The van der Waals surface area contributed by atoms with Gasteiger partial charge in [0.25, 0.3) is 0 Å². The van der Waals surface area contributed by atoms with Crippen molar-refractivity contribution >= 4 is 5.97 Å². The van der Waals surface area contributed by atoms with Crippen LogP contribution in [-0.2, 0) is 4.79 Å². The van der Waals surface area contributed by atoms with Crippen LogP contribution < -0.4 is 5.32 Å². The van der Waals surface area contributed by atoms with Crippen LogP contribution in [0.15, 0.2) is 18.6 Å². The number of piperazine rings is 1. The highest BCUT2D eigenvalue weighted by molar-refractivity contribution is 5.73. The van der Waals surface area contributed by atoms with Gasteiger partial charge in [0.1, 0.15) is 6.04 Å². The van der Waals surface area contributed by atoms with Crippen molar-refractivity contribution in [3.63, 3.8) is 0 Å². The number of carbonyl (C=O) groups is 1. The number of carboxylic acid groups (broad SMARTS) is 1. The summed E-state index contributed by atoms with van der Waals surface area (Å²) >= 11 is 0. The highest BCUT2D eigenvalue weighted by atomic mass is 16.4. The molecule has 1 aromatic heterocycles. The van der Waals surface area contributed by atoms with E-state index >= 15 is 0 Å². The summed E-state index contributed by atoms with van der Waals surface area (Å²) in [5.41, 5.74) is 0.874. The van der Waals surface area contributed by atoms with Gasteiger partial charge in [0, 0.05) is 38.2 Å². The molecule has 2 rings (SSSR count). The summed E-state index contributed by atoms with van der Waals surface area (Å²) in [5.74, 6) is -0.805. The van der Waals surface area contributed by atoms with Crippen molar-refractivity contribution in [2.24, 2.45) is 0 Å². The number of aromatic nitrogens is 2. The molecule has 1 saturated heterocycles. The SMILES string of the molecule is C[C@@H](c1cnccn1)N1CCN[C@H](C(=O)O)C1. The maximum atomic E-state index is 10.9. The molecule has 6 heteroatoms. The largest absolute Gasteiger partial charge is 0.480 e. The molecule has 1 aliphatic rings. The predicted molar refractivity (Wildman–Crippen MR) is 61.4 cm³/mol. The lowest BCUT2D eigenvalue weighted by Crippen LogP contribution is -2.54. The van der Waals surface area contributed by atoms with Gasteiger partial charge in [-0.25, -0.2) is 0 Å². The standard InChI is InChI=1S/C11H16N4O2/c1-8(9-6-12-2-3-13-9)15-5-4-14-10(7-15)11(16)17/h2-3,6,8,10,14H,4-5,7H2,1H3,(H,16,17)/t8-,10-/m0/s1. The van der Waals surface area contributed by atoms with Crippen LogP contribution in [0.1, 0.15) is 18.7 Å². The Kier molecular flexibility index (Phi) is 3.65. The first-order valence-electron chi connectivity index (χ1n) is 5.64. The number of nitrogens with zero attached hydrogens (tertiary/aromatic N) is 3. The molecule has 0 unspecified atom stereocenters. The van der Waals surface area contributed by atoms with Gasteiger partial charge in [0.05, 0.1) is 11.7 Å². The lowest BCUT2D eigenvalue weighted by Gasteiger charge is -2.35. The number of aliphatic carboxylic acids is 1. The van der Waals surface area contributed by atoms with Crippen LogP contribution in [0.3, 0.4) is 0 Å². The van der Waals surface area contributed by atoms with Gasteiger partial charge in [-0.15, -0.1) is 0 Å². The third-order valence-corrected chi connectivity index (χ3v) is 3.06. The summed E-state index contributed by atoms with van der Waals surface area (Å²) in [6, 6.07) is -0.407. The van der Waals surface area contributed by atoms with Crippen LogP contribution in [0, 0.1) is 0 Å². The van der Waals surface area contributed by atoms with Gasteiger partial charge in [-0.05, 0) is 6.92 Å². The molecule has 6 nitrogen and oxygen atoms in total. The van der Waals surface area contributed by atoms with Gasteiger partial charge in [0.2, 0.25) is 0 Å². The summed E-state index contributed by atoms with van der Waals surface area (Å²) in [4.78, 5) is 21.3. The Morgan fingerprint density at radius 3 is 3.12 bits per heavy atom. The zero-order valence-corrected chi connectivity index (χ0v) is 9.71. The first kappa shape index (κ1) is 11.9. The molecule has 92 valence electrons. The van der Waals surface area contributed by atoms with Gasteiger partial charge in [0.15, 0.2) is 0 Å². The molecule has 2 heterocycles. The second-order valence-corrected chi connectivity index (χ2v) is 4.15. The van der Waals surface area contributed by atoms with Crippen LogP contribution >= 0.6 is 0 Å². The van der Waals surface area contributed by atoms with Gasteiger partial charge < -0.3 is 10.4 Å². The number of nitrogens with one attached hydrogen (secondary N) is 1. The summed E-state index contributed by atoms with van der Waals surface area (Å²) in [6.45, 7) is 4.02. The fraction of sp³-hybridized carbons (Fsp3) is 0.545. The molecule has 1 aliphatic heterocycles.